The van der Waals surface area contributed by atoms with Crippen LogP contribution in [0.15, 0.2) is 22.7 Å². The first kappa shape index (κ1) is 20.6. The quantitative estimate of drug-likeness (QED) is 0.507. The third kappa shape index (κ3) is 3.98. The number of pyridine rings is 1. The molecule has 0 saturated heterocycles. The number of amides is 1. The molecule has 0 unspecified atom stereocenters. The van der Waals surface area contributed by atoms with Crippen LogP contribution < -0.4 is 0 Å². The normalized spacial score (nSPS) is 14.6. The highest BCUT2D eigenvalue weighted by Crippen LogP contribution is 2.36. The van der Waals surface area contributed by atoms with E-state index in [0.717, 1.165) is 0 Å². The summed E-state index contributed by atoms with van der Waals surface area (Å²) in [4.78, 5) is 18.1. The van der Waals surface area contributed by atoms with E-state index < -0.39 is 17.5 Å². The Bertz CT molecular complexity index is 1040. The Morgan fingerprint density at radius 2 is 2.14 bits per heavy atom. The molecule has 8 heteroatoms. The van der Waals surface area contributed by atoms with E-state index in [2.05, 4.69) is 27.0 Å². The van der Waals surface area contributed by atoms with Gasteiger partial charge in [-0.25, -0.2) is 14.2 Å². The van der Waals surface area contributed by atoms with Crippen molar-refractivity contribution in [1.82, 2.24) is 9.88 Å². The van der Waals surface area contributed by atoms with Gasteiger partial charge in [-0.05, 0) is 54.8 Å². The smallest absolute Gasteiger partial charge is 0.410 e. The lowest BCUT2D eigenvalue weighted by Gasteiger charge is -2.31. The maximum atomic E-state index is 14.6. The van der Waals surface area contributed by atoms with Gasteiger partial charge < -0.3 is 9.64 Å². The van der Waals surface area contributed by atoms with Gasteiger partial charge in [0.2, 0.25) is 0 Å². The topological polar surface area (TPSA) is 66.2 Å². The minimum Gasteiger partial charge on any atom is -0.444 e. The molecule has 0 N–H and O–H groups in total. The first-order valence-electron chi connectivity index (χ1n) is 8.67. The third-order valence-electron chi connectivity index (χ3n) is 4.24. The van der Waals surface area contributed by atoms with E-state index in [9.17, 15) is 14.4 Å². The molecule has 1 aromatic carbocycles. The highest BCUT2D eigenvalue weighted by atomic mass is 79.9. The molecule has 0 aliphatic carbocycles. The summed E-state index contributed by atoms with van der Waals surface area (Å²) in [5, 5.41) is 10.0. The fourth-order valence-electron chi connectivity index (χ4n) is 3.09. The lowest BCUT2D eigenvalue weighted by Crippen LogP contribution is -2.39. The first-order valence-corrected chi connectivity index (χ1v) is 9.84. The summed E-state index contributed by atoms with van der Waals surface area (Å²) in [5.41, 5.74) is 0.830. The standard InChI is InChI=1S/C20H18BrClFN3O2/c1-20(2,3)28-19(27)26-8-4-5-11(10-26)15-12-6-7-14(21)16(23)17(12)25-18(22)13(15)9-24/h5-7H,4,8,10H2,1-3H3. The fraction of sp³-hybridized carbons (Fsp3) is 0.350. The Kier molecular flexibility index (Phi) is 5.64. The fourth-order valence-corrected chi connectivity index (χ4v) is 3.63. The van der Waals surface area contributed by atoms with Gasteiger partial charge in [0.1, 0.15) is 22.3 Å². The molecule has 146 valence electrons. The number of rotatable bonds is 1. The van der Waals surface area contributed by atoms with Crippen LogP contribution in [0.2, 0.25) is 5.15 Å². The molecule has 1 aromatic heterocycles. The number of fused-ring (bicyclic) bond motifs is 1. The molecule has 1 aliphatic heterocycles. The van der Waals surface area contributed by atoms with Gasteiger partial charge >= 0.3 is 6.09 Å². The number of aromatic nitrogens is 1. The second kappa shape index (κ2) is 7.69. The van der Waals surface area contributed by atoms with Crippen LogP contribution in [0.1, 0.15) is 38.3 Å². The monoisotopic (exact) mass is 465 g/mol. The van der Waals surface area contributed by atoms with Crippen LogP contribution in [-0.4, -0.2) is 34.7 Å². The molecule has 0 radical (unpaired) electrons. The van der Waals surface area contributed by atoms with E-state index in [1.165, 1.54) is 0 Å². The summed E-state index contributed by atoms with van der Waals surface area (Å²) >= 11 is 9.34. The number of nitriles is 1. The average Bonchev–Trinajstić information content (AvgIpc) is 2.63. The van der Waals surface area contributed by atoms with Gasteiger partial charge in [0.15, 0.2) is 5.82 Å². The van der Waals surface area contributed by atoms with Crippen molar-refractivity contribution < 1.29 is 13.9 Å². The van der Waals surface area contributed by atoms with Crippen LogP contribution in [0.25, 0.3) is 16.5 Å². The molecule has 1 amide bonds. The van der Waals surface area contributed by atoms with E-state index in [0.29, 0.717) is 29.5 Å². The van der Waals surface area contributed by atoms with E-state index in [1.807, 2.05) is 6.08 Å². The number of halogens is 3. The Balaban J connectivity index is 2.10. The van der Waals surface area contributed by atoms with Crippen LogP contribution in [0.5, 0.6) is 0 Å². The van der Waals surface area contributed by atoms with E-state index in [-0.39, 0.29) is 27.3 Å². The summed E-state index contributed by atoms with van der Waals surface area (Å²) in [6.45, 7) is 6.14. The summed E-state index contributed by atoms with van der Waals surface area (Å²) in [7, 11) is 0. The first-order chi connectivity index (χ1) is 13.1. The number of benzene rings is 1. The Labute approximate surface area is 175 Å². The Morgan fingerprint density at radius 1 is 1.43 bits per heavy atom. The van der Waals surface area contributed by atoms with Gasteiger partial charge in [-0.1, -0.05) is 23.7 Å². The molecular formula is C20H18BrClFN3O2. The van der Waals surface area contributed by atoms with Crippen LogP contribution in [0.3, 0.4) is 0 Å². The summed E-state index contributed by atoms with van der Waals surface area (Å²) in [6.07, 6.45) is 2.09. The van der Waals surface area contributed by atoms with Crippen molar-refractivity contribution in [1.29, 1.82) is 5.26 Å². The second-order valence-corrected chi connectivity index (χ2v) is 8.65. The van der Waals surface area contributed by atoms with Gasteiger partial charge in [-0.15, -0.1) is 0 Å². The van der Waals surface area contributed by atoms with Crippen molar-refractivity contribution in [3.8, 4) is 6.07 Å². The number of hydrogen-bond donors (Lipinski definition) is 0. The molecule has 1 aliphatic rings. The van der Waals surface area contributed by atoms with E-state index in [4.69, 9.17) is 16.3 Å². The second-order valence-electron chi connectivity index (χ2n) is 7.44. The van der Waals surface area contributed by atoms with Gasteiger partial charge in [0, 0.05) is 24.0 Å². The van der Waals surface area contributed by atoms with Crippen molar-refractivity contribution in [2.75, 3.05) is 13.1 Å². The minimum atomic E-state index is -0.613. The Morgan fingerprint density at radius 3 is 2.79 bits per heavy atom. The largest absolute Gasteiger partial charge is 0.444 e. The van der Waals surface area contributed by atoms with Gasteiger partial charge in [-0.2, -0.15) is 5.26 Å². The molecule has 2 aromatic rings. The number of ether oxygens (including phenoxy) is 1. The minimum absolute atomic E-state index is 0.0720. The van der Waals surface area contributed by atoms with Crippen molar-refractivity contribution in [2.45, 2.75) is 32.8 Å². The summed E-state index contributed by atoms with van der Waals surface area (Å²) in [5.74, 6) is -0.550. The maximum absolute atomic E-state index is 14.6. The van der Waals surface area contributed by atoms with Crippen molar-refractivity contribution >= 4 is 50.1 Å². The Hall–Kier alpha value is -2.17. The van der Waals surface area contributed by atoms with Crippen molar-refractivity contribution in [2.24, 2.45) is 0 Å². The molecule has 0 saturated carbocycles. The number of carbonyl (C=O) groups is 1. The highest BCUT2D eigenvalue weighted by molar-refractivity contribution is 9.10. The molecule has 3 rings (SSSR count). The zero-order valence-electron chi connectivity index (χ0n) is 15.6. The van der Waals surface area contributed by atoms with Gasteiger partial charge in [0.05, 0.1) is 10.0 Å². The zero-order chi connectivity index (χ0) is 20.6. The molecular weight excluding hydrogens is 449 g/mol. The van der Waals surface area contributed by atoms with Crippen LogP contribution in [0.4, 0.5) is 9.18 Å². The molecule has 5 nitrogen and oxygen atoms in total. The van der Waals surface area contributed by atoms with Crippen LogP contribution >= 0.6 is 27.5 Å². The molecule has 0 atom stereocenters. The third-order valence-corrected chi connectivity index (χ3v) is 5.13. The molecule has 0 spiro atoms. The number of carbonyl (C=O) groups excluding carboxylic acids is 1. The summed E-state index contributed by atoms with van der Waals surface area (Å²) < 4.78 is 20.3. The van der Waals surface area contributed by atoms with Crippen molar-refractivity contribution in [3.63, 3.8) is 0 Å². The average molecular weight is 467 g/mol. The van der Waals surface area contributed by atoms with Gasteiger partial charge in [0.25, 0.3) is 0 Å². The predicted molar refractivity (Wildman–Crippen MR) is 110 cm³/mol. The van der Waals surface area contributed by atoms with E-state index >= 15 is 0 Å². The number of hydrogen-bond acceptors (Lipinski definition) is 4. The highest BCUT2D eigenvalue weighted by Gasteiger charge is 2.27. The predicted octanol–water partition coefficient (Wildman–Crippen LogP) is 5.69. The van der Waals surface area contributed by atoms with Crippen LogP contribution in [-0.2, 0) is 4.74 Å². The van der Waals surface area contributed by atoms with Gasteiger partial charge in [-0.3, -0.25) is 0 Å². The molecule has 28 heavy (non-hydrogen) atoms. The van der Waals surface area contributed by atoms with Crippen molar-refractivity contribution in [3.05, 3.63) is 44.8 Å². The molecule has 0 fully saturated rings. The molecule has 2 heterocycles. The summed E-state index contributed by atoms with van der Waals surface area (Å²) in [6, 6.07) is 5.32. The zero-order valence-corrected chi connectivity index (χ0v) is 18.0. The SMILES string of the molecule is CC(C)(C)OC(=O)N1CCC=C(c2c(C#N)c(Cl)nc3c(F)c(Br)ccc23)C1. The molecule has 0 bridgehead atoms. The maximum Gasteiger partial charge on any atom is 0.410 e. The lowest BCUT2D eigenvalue weighted by atomic mass is 9.94. The number of nitrogens with zero attached hydrogens (tertiary/aromatic N) is 3. The van der Waals surface area contributed by atoms with E-state index in [1.54, 1.807) is 37.8 Å². The lowest BCUT2D eigenvalue weighted by molar-refractivity contribution is 0.0273. The van der Waals surface area contributed by atoms with Crippen LogP contribution in [0, 0.1) is 17.1 Å².